The van der Waals surface area contributed by atoms with Crippen LogP contribution >= 0.6 is 0 Å². The highest BCUT2D eigenvalue weighted by atomic mass is 16.5. The smallest absolute Gasteiger partial charge is 0.275 e. The molecule has 3 rings (SSSR count). The SMILES string of the molecule is COc1cccc(CNC(=O)c2nn(-c3ccccc3)c(=O)cc2OC)c1. The Bertz CT molecular complexity index is 1000. The number of hydrogen-bond acceptors (Lipinski definition) is 5. The molecular formula is C20H19N3O4. The normalized spacial score (nSPS) is 10.3. The first-order valence-electron chi connectivity index (χ1n) is 8.27. The standard InChI is InChI=1S/C20H19N3O4/c1-26-16-10-6-7-14(11-16)13-21-20(25)19-17(27-2)12-18(24)23(22-19)15-8-4-3-5-9-15/h3-12H,13H2,1-2H3,(H,21,25). The molecule has 0 saturated heterocycles. The van der Waals surface area contributed by atoms with Crippen molar-refractivity contribution in [3.05, 3.63) is 82.3 Å². The number of hydrogen-bond donors (Lipinski definition) is 1. The quantitative estimate of drug-likeness (QED) is 0.724. The second-order valence-electron chi connectivity index (χ2n) is 5.68. The van der Waals surface area contributed by atoms with Gasteiger partial charge in [-0.3, -0.25) is 9.59 Å². The van der Waals surface area contributed by atoms with E-state index in [-0.39, 0.29) is 23.5 Å². The summed E-state index contributed by atoms with van der Waals surface area (Å²) in [4.78, 5) is 24.9. The Morgan fingerprint density at radius 1 is 1.04 bits per heavy atom. The zero-order valence-corrected chi connectivity index (χ0v) is 15.0. The van der Waals surface area contributed by atoms with E-state index in [1.807, 2.05) is 30.3 Å². The summed E-state index contributed by atoms with van der Waals surface area (Å²) in [5, 5.41) is 6.99. The van der Waals surface area contributed by atoms with Crippen LogP contribution in [0.15, 0.2) is 65.5 Å². The fraction of sp³-hybridized carbons (Fsp3) is 0.150. The lowest BCUT2D eigenvalue weighted by Crippen LogP contribution is -2.29. The molecule has 7 heteroatoms. The van der Waals surface area contributed by atoms with E-state index in [4.69, 9.17) is 9.47 Å². The summed E-state index contributed by atoms with van der Waals surface area (Å²) in [7, 11) is 2.97. The molecule has 1 aromatic heterocycles. The van der Waals surface area contributed by atoms with Crippen LogP contribution in [0.1, 0.15) is 16.1 Å². The van der Waals surface area contributed by atoms with Crippen molar-refractivity contribution in [1.82, 2.24) is 15.1 Å². The zero-order chi connectivity index (χ0) is 19.2. The third kappa shape index (κ3) is 4.14. The minimum Gasteiger partial charge on any atom is -0.497 e. The topological polar surface area (TPSA) is 82.5 Å². The highest BCUT2D eigenvalue weighted by molar-refractivity contribution is 5.94. The van der Waals surface area contributed by atoms with Gasteiger partial charge in [0.25, 0.3) is 11.5 Å². The molecule has 0 aliphatic carbocycles. The molecule has 0 atom stereocenters. The molecule has 138 valence electrons. The highest BCUT2D eigenvalue weighted by Gasteiger charge is 2.18. The van der Waals surface area contributed by atoms with Gasteiger partial charge in [0.15, 0.2) is 11.4 Å². The van der Waals surface area contributed by atoms with Crippen molar-refractivity contribution >= 4 is 5.91 Å². The Morgan fingerprint density at radius 3 is 2.52 bits per heavy atom. The summed E-state index contributed by atoms with van der Waals surface area (Å²) in [6, 6.07) is 17.5. The fourth-order valence-electron chi connectivity index (χ4n) is 2.56. The number of carbonyl (C=O) groups is 1. The molecule has 0 spiro atoms. The maximum Gasteiger partial charge on any atom is 0.275 e. The first kappa shape index (κ1) is 18.2. The monoisotopic (exact) mass is 365 g/mol. The van der Waals surface area contributed by atoms with E-state index < -0.39 is 5.91 Å². The van der Waals surface area contributed by atoms with Gasteiger partial charge in [0.05, 0.1) is 26.0 Å². The molecule has 1 heterocycles. The van der Waals surface area contributed by atoms with E-state index in [2.05, 4.69) is 10.4 Å². The number of nitrogens with one attached hydrogen (secondary N) is 1. The van der Waals surface area contributed by atoms with Crippen LogP contribution in [-0.2, 0) is 6.54 Å². The number of aromatic nitrogens is 2. The minimum atomic E-state index is -0.445. The lowest BCUT2D eigenvalue weighted by molar-refractivity contribution is 0.0940. The van der Waals surface area contributed by atoms with Crippen molar-refractivity contribution in [3.63, 3.8) is 0 Å². The zero-order valence-electron chi connectivity index (χ0n) is 15.0. The molecule has 3 aromatic rings. The highest BCUT2D eigenvalue weighted by Crippen LogP contribution is 2.15. The van der Waals surface area contributed by atoms with E-state index in [0.717, 1.165) is 5.56 Å². The molecule has 0 unspecified atom stereocenters. The first-order valence-corrected chi connectivity index (χ1v) is 8.27. The molecule has 27 heavy (non-hydrogen) atoms. The molecular weight excluding hydrogens is 346 g/mol. The number of benzene rings is 2. The van der Waals surface area contributed by atoms with Gasteiger partial charge in [0.2, 0.25) is 0 Å². The van der Waals surface area contributed by atoms with Crippen LogP contribution in [0.25, 0.3) is 5.69 Å². The number of para-hydroxylation sites is 1. The maximum atomic E-state index is 12.6. The largest absolute Gasteiger partial charge is 0.497 e. The van der Waals surface area contributed by atoms with Crippen molar-refractivity contribution in [2.45, 2.75) is 6.54 Å². The second kappa shape index (κ2) is 8.18. The molecule has 1 amide bonds. The Hall–Kier alpha value is -3.61. The summed E-state index contributed by atoms with van der Waals surface area (Å²) < 4.78 is 11.5. The molecule has 0 fully saturated rings. The van der Waals surface area contributed by atoms with Gasteiger partial charge in [0.1, 0.15) is 5.75 Å². The van der Waals surface area contributed by atoms with E-state index in [1.165, 1.54) is 17.9 Å². The molecule has 1 N–H and O–H groups in total. The van der Waals surface area contributed by atoms with Crippen LogP contribution in [-0.4, -0.2) is 29.9 Å². The maximum absolute atomic E-state index is 12.6. The van der Waals surface area contributed by atoms with Crippen LogP contribution in [0, 0.1) is 0 Å². The van der Waals surface area contributed by atoms with Gasteiger partial charge < -0.3 is 14.8 Å². The summed E-state index contributed by atoms with van der Waals surface area (Å²) in [5.41, 5.74) is 1.08. The van der Waals surface area contributed by atoms with E-state index in [1.54, 1.807) is 31.4 Å². The third-order valence-electron chi connectivity index (χ3n) is 3.92. The summed E-state index contributed by atoms with van der Waals surface area (Å²) in [6.07, 6.45) is 0. The Kier molecular flexibility index (Phi) is 5.51. The minimum absolute atomic E-state index is 0.0313. The Balaban J connectivity index is 1.88. The average molecular weight is 365 g/mol. The molecule has 0 aliphatic rings. The molecule has 0 aliphatic heterocycles. The average Bonchev–Trinajstić information content (AvgIpc) is 2.72. The summed E-state index contributed by atoms with van der Waals surface area (Å²) in [5.74, 6) is 0.379. The van der Waals surface area contributed by atoms with E-state index in [9.17, 15) is 9.59 Å². The fourth-order valence-corrected chi connectivity index (χ4v) is 2.56. The molecule has 0 saturated carbocycles. The summed E-state index contributed by atoms with van der Waals surface area (Å²) >= 11 is 0. The van der Waals surface area contributed by atoms with Gasteiger partial charge in [-0.15, -0.1) is 0 Å². The molecule has 0 radical (unpaired) electrons. The van der Waals surface area contributed by atoms with Gasteiger partial charge in [0, 0.05) is 6.54 Å². The van der Waals surface area contributed by atoms with Gasteiger partial charge in [-0.05, 0) is 29.8 Å². The molecule has 0 bridgehead atoms. The van der Waals surface area contributed by atoms with E-state index >= 15 is 0 Å². The number of amides is 1. The van der Waals surface area contributed by atoms with Crippen molar-refractivity contribution < 1.29 is 14.3 Å². The van der Waals surface area contributed by atoms with Crippen LogP contribution in [0.2, 0.25) is 0 Å². The predicted molar refractivity (Wildman–Crippen MR) is 101 cm³/mol. The lowest BCUT2D eigenvalue weighted by Gasteiger charge is -2.11. The molecule has 2 aromatic carbocycles. The number of carbonyl (C=O) groups excluding carboxylic acids is 1. The summed E-state index contributed by atoms with van der Waals surface area (Å²) in [6.45, 7) is 0.283. The van der Waals surface area contributed by atoms with Gasteiger partial charge in [-0.2, -0.15) is 9.78 Å². The Labute approximate surface area is 156 Å². The third-order valence-corrected chi connectivity index (χ3v) is 3.92. The Morgan fingerprint density at radius 2 is 1.81 bits per heavy atom. The van der Waals surface area contributed by atoms with Crippen LogP contribution < -0.4 is 20.3 Å². The predicted octanol–water partition coefficient (Wildman–Crippen LogP) is 2.18. The molecule has 7 nitrogen and oxygen atoms in total. The van der Waals surface area contributed by atoms with Gasteiger partial charge in [-0.25, -0.2) is 0 Å². The van der Waals surface area contributed by atoms with Gasteiger partial charge in [-0.1, -0.05) is 30.3 Å². The number of methoxy groups -OCH3 is 2. The first-order chi connectivity index (χ1) is 13.1. The van der Waals surface area contributed by atoms with Crippen LogP contribution in [0.5, 0.6) is 11.5 Å². The second-order valence-corrected chi connectivity index (χ2v) is 5.68. The van der Waals surface area contributed by atoms with Crippen molar-refractivity contribution in [3.8, 4) is 17.2 Å². The number of nitrogens with zero attached hydrogens (tertiary/aromatic N) is 2. The van der Waals surface area contributed by atoms with Crippen molar-refractivity contribution in [1.29, 1.82) is 0 Å². The lowest BCUT2D eigenvalue weighted by atomic mass is 10.2. The van der Waals surface area contributed by atoms with Crippen molar-refractivity contribution in [2.75, 3.05) is 14.2 Å². The number of rotatable bonds is 6. The van der Waals surface area contributed by atoms with Crippen LogP contribution in [0.4, 0.5) is 0 Å². The van der Waals surface area contributed by atoms with Crippen LogP contribution in [0.3, 0.4) is 0 Å². The number of ether oxygens (including phenoxy) is 2. The van der Waals surface area contributed by atoms with E-state index in [0.29, 0.717) is 11.4 Å². The van der Waals surface area contributed by atoms with Crippen molar-refractivity contribution in [2.24, 2.45) is 0 Å². The van der Waals surface area contributed by atoms with Gasteiger partial charge >= 0.3 is 0 Å².